The summed E-state index contributed by atoms with van der Waals surface area (Å²) in [6.45, 7) is 4.14. The Kier molecular flexibility index (Phi) is 4.16. The van der Waals surface area contributed by atoms with Gasteiger partial charge in [-0.25, -0.2) is 9.78 Å². The first-order valence-electron chi connectivity index (χ1n) is 6.08. The van der Waals surface area contributed by atoms with Gasteiger partial charge in [0.25, 0.3) is 0 Å². The van der Waals surface area contributed by atoms with Crippen LogP contribution in [0.4, 0.5) is 5.13 Å². The number of nitrogens with zero attached hydrogens (tertiary/aromatic N) is 1. The number of thiazole rings is 1. The second-order valence-corrected chi connectivity index (χ2v) is 5.27. The number of carbonyl (C=O) groups excluding carboxylic acids is 1. The van der Waals surface area contributed by atoms with Crippen molar-refractivity contribution >= 4 is 22.4 Å². The fourth-order valence-electron chi connectivity index (χ4n) is 1.77. The number of carbonyl (C=O) groups is 1. The quantitative estimate of drug-likeness (QED) is 0.872. The molecule has 0 bridgehead atoms. The highest BCUT2D eigenvalue weighted by Crippen LogP contribution is 2.23. The lowest BCUT2D eigenvalue weighted by Gasteiger charge is -2.03. The molecule has 2 rings (SSSR count). The van der Waals surface area contributed by atoms with Crippen LogP contribution in [0.1, 0.15) is 33.4 Å². The van der Waals surface area contributed by atoms with Crippen LogP contribution in [-0.4, -0.2) is 17.6 Å². The molecule has 0 unspecified atom stereocenters. The summed E-state index contributed by atoms with van der Waals surface area (Å²) < 4.78 is 4.95. The lowest BCUT2D eigenvalue weighted by atomic mass is 10.1. The van der Waals surface area contributed by atoms with Crippen molar-refractivity contribution in [2.24, 2.45) is 0 Å². The molecule has 100 valence electrons. The summed E-state index contributed by atoms with van der Waals surface area (Å²) >= 11 is 1.50. The van der Waals surface area contributed by atoms with E-state index >= 15 is 0 Å². The Hall–Kier alpha value is -1.88. The number of nitrogen functional groups attached to an aromatic ring is 1. The minimum Gasteiger partial charge on any atom is -0.462 e. The molecule has 0 fully saturated rings. The Bertz CT molecular complexity index is 576. The van der Waals surface area contributed by atoms with E-state index in [9.17, 15) is 4.79 Å². The van der Waals surface area contributed by atoms with Crippen LogP contribution >= 0.6 is 11.3 Å². The Morgan fingerprint density at radius 3 is 2.58 bits per heavy atom. The van der Waals surface area contributed by atoms with E-state index in [1.54, 1.807) is 19.1 Å². The van der Waals surface area contributed by atoms with Gasteiger partial charge in [-0.05, 0) is 31.5 Å². The summed E-state index contributed by atoms with van der Waals surface area (Å²) in [7, 11) is 0. The zero-order valence-electron chi connectivity index (χ0n) is 11.0. The molecular formula is C14H16N2O2S. The van der Waals surface area contributed by atoms with Gasteiger partial charge in [0.05, 0.1) is 17.9 Å². The van der Waals surface area contributed by atoms with Crippen molar-refractivity contribution in [2.45, 2.75) is 20.3 Å². The van der Waals surface area contributed by atoms with Crippen molar-refractivity contribution in [1.29, 1.82) is 0 Å². The summed E-state index contributed by atoms with van der Waals surface area (Å²) in [5, 5.41) is 0.593. The van der Waals surface area contributed by atoms with Crippen LogP contribution < -0.4 is 5.73 Å². The first-order valence-corrected chi connectivity index (χ1v) is 6.89. The van der Waals surface area contributed by atoms with Crippen LogP contribution in [0.2, 0.25) is 0 Å². The lowest BCUT2D eigenvalue weighted by Crippen LogP contribution is -2.04. The fraction of sp³-hybridized carbons (Fsp3) is 0.286. The van der Waals surface area contributed by atoms with Gasteiger partial charge in [-0.15, -0.1) is 11.3 Å². The largest absolute Gasteiger partial charge is 0.462 e. The minimum atomic E-state index is -0.285. The second kappa shape index (κ2) is 5.84. The van der Waals surface area contributed by atoms with Crippen LogP contribution in [0.25, 0.3) is 0 Å². The number of esters is 1. The Morgan fingerprint density at radius 2 is 2.05 bits per heavy atom. The number of nitrogens with two attached hydrogens (primary N) is 1. The highest BCUT2D eigenvalue weighted by atomic mass is 32.1. The molecule has 0 saturated carbocycles. The maximum Gasteiger partial charge on any atom is 0.338 e. The summed E-state index contributed by atoms with van der Waals surface area (Å²) in [4.78, 5) is 16.9. The number of rotatable bonds is 4. The lowest BCUT2D eigenvalue weighted by molar-refractivity contribution is 0.0526. The van der Waals surface area contributed by atoms with Gasteiger partial charge < -0.3 is 10.5 Å². The number of aryl methyl sites for hydroxylation is 1. The molecular weight excluding hydrogens is 260 g/mol. The molecule has 0 aliphatic carbocycles. The highest BCUT2D eigenvalue weighted by molar-refractivity contribution is 7.15. The third-order valence-corrected chi connectivity index (χ3v) is 3.73. The zero-order valence-corrected chi connectivity index (χ0v) is 11.8. The van der Waals surface area contributed by atoms with E-state index < -0.39 is 0 Å². The van der Waals surface area contributed by atoms with Gasteiger partial charge >= 0.3 is 5.97 Å². The summed E-state index contributed by atoms with van der Waals surface area (Å²) in [6, 6.07) is 7.43. The van der Waals surface area contributed by atoms with Crippen LogP contribution in [0.3, 0.4) is 0 Å². The average molecular weight is 276 g/mol. The second-order valence-electron chi connectivity index (χ2n) is 4.15. The van der Waals surface area contributed by atoms with Crippen molar-refractivity contribution in [3.63, 3.8) is 0 Å². The Balaban J connectivity index is 2.10. The van der Waals surface area contributed by atoms with Gasteiger partial charge in [-0.2, -0.15) is 0 Å². The fourth-order valence-corrected chi connectivity index (χ4v) is 2.64. The molecule has 1 aromatic heterocycles. The first kappa shape index (κ1) is 13.5. The monoisotopic (exact) mass is 276 g/mol. The maximum atomic E-state index is 11.5. The van der Waals surface area contributed by atoms with E-state index in [4.69, 9.17) is 10.5 Å². The molecule has 0 spiro atoms. The average Bonchev–Trinajstić information content (AvgIpc) is 2.69. The van der Waals surface area contributed by atoms with E-state index in [0.29, 0.717) is 17.3 Å². The van der Waals surface area contributed by atoms with Gasteiger partial charge in [0.15, 0.2) is 5.13 Å². The van der Waals surface area contributed by atoms with E-state index in [1.165, 1.54) is 11.3 Å². The van der Waals surface area contributed by atoms with Crippen molar-refractivity contribution < 1.29 is 9.53 Å². The molecule has 0 aliphatic rings. The third-order valence-electron chi connectivity index (χ3n) is 2.74. The molecule has 19 heavy (non-hydrogen) atoms. The van der Waals surface area contributed by atoms with Gasteiger partial charge in [0, 0.05) is 11.3 Å². The smallest absolute Gasteiger partial charge is 0.338 e. The predicted molar refractivity (Wildman–Crippen MR) is 76.5 cm³/mol. The van der Waals surface area contributed by atoms with Crippen LogP contribution in [0.15, 0.2) is 24.3 Å². The van der Waals surface area contributed by atoms with Gasteiger partial charge in [-0.1, -0.05) is 12.1 Å². The van der Waals surface area contributed by atoms with E-state index in [1.807, 2.05) is 19.1 Å². The zero-order chi connectivity index (χ0) is 13.8. The SMILES string of the molecule is CCOC(=O)c1ccc(Cc2sc(N)nc2C)cc1. The van der Waals surface area contributed by atoms with Crippen LogP contribution in [0, 0.1) is 6.92 Å². The molecule has 0 atom stereocenters. The molecule has 1 aromatic carbocycles. The maximum absolute atomic E-state index is 11.5. The van der Waals surface area contributed by atoms with Gasteiger partial charge in [0.1, 0.15) is 0 Å². The van der Waals surface area contributed by atoms with Gasteiger partial charge in [0.2, 0.25) is 0 Å². The topological polar surface area (TPSA) is 65.2 Å². The molecule has 2 aromatic rings. The number of benzene rings is 1. The van der Waals surface area contributed by atoms with E-state index in [2.05, 4.69) is 4.98 Å². The number of aromatic nitrogens is 1. The molecule has 1 heterocycles. The Labute approximate surface area is 116 Å². The molecule has 0 radical (unpaired) electrons. The van der Waals surface area contributed by atoms with E-state index in [-0.39, 0.29) is 5.97 Å². The molecule has 0 amide bonds. The Morgan fingerprint density at radius 1 is 1.37 bits per heavy atom. The van der Waals surface area contributed by atoms with Crippen molar-refractivity contribution in [1.82, 2.24) is 4.98 Å². The normalized spacial score (nSPS) is 10.4. The standard InChI is InChI=1S/C14H16N2O2S/c1-3-18-13(17)11-6-4-10(5-7-11)8-12-9(2)16-14(15)19-12/h4-7H,3,8H2,1-2H3,(H2,15,16). The van der Waals surface area contributed by atoms with Crippen molar-refractivity contribution in [3.05, 3.63) is 46.0 Å². The summed E-state index contributed by atoms with van der Waals surface area (Å²) in [6.07, 6.45) is 0.782. The van der Waals surface area contributed by atoms with E-state index in [0.717, 1.165) is 22.6 Å². The molecule has 5 heteroatoms. The van der Waals surface area contributed by atoms with Crippen LogP contribution in [0.5, 0.6) is 0 Å². The third kappa shape index (κ3) is 3.32. The van der Waals surface area contributed by atoms with Crippen molar-refractivity contribution in [3.8, 4) is 0 Å². The van der Waals surface area contributed by atoms with Gasteiger partial charge in [-0.3, -0.25) is 0 Å². The number of ether oxygens (including phenoxy) is 1. The molecule has 0 saturated heterocycles. The summed E-state index contributed by atoms with van der Waals surface area (Å²) in [5.74, 6) is -0.285. The first-order chi connectivity index (χ1) is 9.10. The summed E-state index contributed by atoms with van der Waals surface area (Å²) in [5.41, 5.74) is 8.35. The minimum absolute atomic E-state index is 0.285. The number of hydrogen-bond acceptors (Lipinski definition) is 5. The van der Waals surface area contributed by atoms with Crippen LogP contribution in [-0.2, 0) is 11.2 Å². The molecule has 4 nitrogen and oxygen atoms in total. The number of anilines is 1. The highest BCUT2D eigenvalue weighted by Gasteiger charge is 2.08. The predicted octanol–water partition coefficient (Wildman–Crippen LogP) is 2.80. The molecule has 2 N–H and O–H groups in total. The number of hydrogen-bond donors (Lipinski definition) is 1. The molecule has 0 aliphatic heterocycles. The van der Waals surface area contributed by atoms with Crippen molar-refractivity contribution in [2.75, 3.05) is 12.3 Å².